The molecular formula is C19H18Cl2N2. The molecule has 1 heterocycles. The normalized spacial score (nSPS) is 12.3. The summed E-state index contributed by atoms with van der Waals surface area (Å²) in [6, 6.07) is 16.1. The highest BCUT2D eigenvalue weighted by atomic mass is 35.5. The largest absolute Gasteiger partial charge is 0.378 e. The van der Waals surface area contributed by atoms with Crippen molar-refractivity contribution in [1.82, 2.24) is 4.98 Å². The molecule has 0 aliphatic carbocycles. The highest BCUT2D eigenvalue weighted by molar-refractivity contribution is 6.35. The fourth-order valence-electron chi connectivity index (χ4n) is 2.70. The lowest BCUT2D eigenvalue weighted by atomic mass is 10.0. The Morgan fingerprint density at radius 1 is 1.04 bits per heavy atom. The number of halogens is 2. The Hall–Kier alpha value is -1.77. The van der Waals surface area contributed by atoms with Crippen molar-refractivity contribution in [2.24, 2.45) is 0 Å². The van der Waals surface area contributed by atoms with Crippen LogP contribution < -0.4 is 5.32 Å². The monoisotopic (exact) mass is 344 g/mol. The van der Waals surface area contributed by atoms with Crippen LogP contribution in [0.1, 0.15) is 30.6 Å². The highest BCUT2D eigenvalue weighted by Gasteiger charge is 2.13. The van der Waals surface area contributed by atoms with E-state index in [2.05, 4.69) is 35.4 Å². The van der Waals surface area contributed by atoms with Gasteiger partial charge in [0.2, 0.25) is 0 Å². The molecule has 0 fully saturated rings. The number of benzene rings is 2. The molecule has 0 aliphatic rings. The van der Waals surface area contributed by atoms with Gasteiger partial charge in [-0.05, 0) is 55.3 Å². The van der Waals surface area contributed by atoms with Crippen LogP contribution in [-0.4, -0.2) is 4.98 Å². The Bertz CT molecular complexity index is 846. The first-order valence-corrected chi connectivity index (χ1v) is 8.41. The van der Waals surface area contributed by atoms with Crippen molar-refractivity contribution in [3.63, 3.8) is 0 Å². The third kappa shape index (κ3) is 3.60. The van der Waals surface area contributed by atoms with Gasteiger partial charge in [0.05, 0.1) is 11.6 Å². The van der Waals surface area contributed by atoms with Crippen molar-refractivity contribution < 1.29 is 0 Å². The third-order valence-electron chi connectivity index (χ3n) is 3.92. The van der Waals surface area contributed by atoms with Crippen LogP contribution in [0.4, 0.5) is 5.69 Å². The number of anilines is 1. The average molecular weight is 345 g/mol. The van der Waals surface area contributed by atoms with Crippen LogP contribution in [0.3, 0.4) is 0 Å². The van der Waals surface area contributed by atoms with E-state index in [1.807, 2.05) is 31.2 Å². The molecule has 0 radical (unpaired) electrons. The summed E-state index contributed by atoms with van der Waals surface area (Å²) in [6.45, 7) is 4.13. The van der Waals surface area contributed by atoms with Crippen LogP contribution in [0.2, 0.25) is 10.0 Å². The number of rotatable bonds is 4. The van der Waals surface area contributed by atoms with Gasteiger partial charge in [0, 0.05) is 26.8 Å². The summed E-state index contributed by atoms with van der Waals surface area (Å²) in [4.78, 5) is 4.53. The van der Waals surface area contributed by atoms with E-state index >= 15 is 0 Å². The molecule has 0 amide bonds. The van der Waals surface area contributed by atoms with Crippen molar-refractivity contribution in [3.05, 3.63) is 69.8 Å². The topological polar surface area (TPSA) is 24.9 Å². The van der Waals surface area contributed by atoms with Gasteiger partial charge in [0.25, 0.3) is 0 Å². The van der Waals surface area contributed by atoms with Crippen molar-refractivity contribution >= 4 is 39.8 Å². The fraction of sp³-hybridized carbons (Fsp3) is 0.211. The first kappa shape index (κ1) is 16.1. The first-order chi connectivity index (χ1) is 11.1. The summed E-state index contributed by atoms with van der Waals surface area (Å²) in [5.41, 5.74) is 4.15. The molecule has 1 N–H and O–H groups in total. The Kier molecular flexibility index (Phi) is 4.74. The molecule has 1 aromatic heterocycles. The van der Waals surface area contributed by atoms with Gasteiger partial charge < -0.3 is 5.32 Å². The van der Waals surface area contributed by atoms with Crippen LogP contribution >= 0.6 is 23.2 Å². The molecule has 0 bridgehead atoms. The van der Waals surface area contributed by atoms with E-state index in [1.54, 1.807) is 6.07 Å². The lowest BCUT2D eigenvalue weighted by Crippen LogP contribution is -2.10. The lowest BCUT2D eigenvalue weighted by Gasteiger charge is -2.20. The van der Waals surface area contributed by atoms with E-state index < -0.39 is 0 Å². The lowest BCUT2D eigenvalue weighted by molar-refractivity contribution is 0.750. The summed E-state index contributed by atoms with van der Waals surface area (Å²) in [6.07, 6.45) is 0.922. The van der Waals surface area contributed by atoms with Crippen molar-refractivity contribution in [3.8, 4) is 0 Å². The molecular weight excluding hydrogens is 327 g/mol. The zero-order valence-corrected chi connectivity index (χ0v) is 14.6. The number of pyridine rings is 1. The Morgan fingerprint density at radius 2 is 1.87 bits per heavy atom. The summed E-state index contributed by atoms with van der Waals surface area (Å²) >= 11 is 12.3. The molecule has 0 saturated carbocycles. The van der Waals surface area contributed by atoms with Crippen LogP contribution in [0.15, 0.2) is 48.5 Å². The molecule has 0 aliphatic heterocycles. The van der Waals surface area contributed by atoms with Gasteiger partial charge >= 0.3 is 0 Å². The maximum absolute atomic E-state index is 6.35. The van der Waals surface area contributed by atoms with Crippen molar-refractivity contribution in [2.75, 3.05) is 5.32 Å². The van der Waals surface area contributed by atoms with Gasteiger partial charge in [-0.2, -0.15) is 0 Å². The van der Waals surface area contributed by atoms with Gasteiger partial charge in [-0.3, -0.25) is 4.98 Å². The van der Waals surface area contributed by atoms with E-state index in [1.165, 1.54) is 0 Å². The predicted octanol–water partition coefficient (Wildman–Crippen LogP) is 6.41. The third-order valence-corrected chi connectivity index (χ3v) is 4.48. The van der Waals surface area contributed by atoms with Crippen molar-refractivity contribution in [1.29, 1.82) is 0 Å². The van der Waals surface area contributed by atoms with Gasteiger partial charge in [0.1, 0.15) is 0 Å². The predicted molar refractivity (Wildman–Crippen MR) is 99.6 cm³/mol. The van der Waals surface area contributed by atoms with Crippen molar-refractivity contribution in [2.45, 2.75) is 26.3 Å². The van der Waals surface area contributed by atoms with E-state index in [0.717, 1.165) is 34.3 Å². The van der Waals surface area contributed by atoms with E-state index in [-0.39, 0.29) is 6.04 Å². The molecule has 1 unspecified atom stereocenters. The first-order valence-electron chi connectivity index (χ1n) is 7.65. The second kappa shape index (κ2) is 6.77. The maximum Gasteiger partial charge on any atom is 0.0706 e. The molecule has 3 rings (SSSR count). The fourth-order valence-corrected chi connectivity index (χ4v) is 3.24. The van der Waals surface area contributed by atoms with E-state index in [4.69, 9.17) is 23.2 Å². The molecule has 0 saturated heterocycles. The Labute approximate surface area is 146 Å². The molecule has 0 spiro atoms. The van der Waals surface area contributed by atoms with Crippen LogP contribution in [0.5, 0.6) is 0 Å². The second-order valence-corrected chi connectivity index (χ2v) is 6.47. The van der Waals surface area contributed by atoms with Gasteiger partial charge in [0.15, 0.2) is 0 Å². The number of aromatic nitrogens is 1. The SMILES string of the molecule is CCC(Nc1ccc2nc(C)ccc2c1)c1ccc(Cl)cc1Cl. The Balaban J connectivity index is 1.90. The smallest absolute Gasteiger partial charge is 0.0706 e. The minimum Gasteiger partial charge on any atom is -0.378 e. The van der Waals surface area contributed by atoms with Gasteiger partial charge in [-0.15, -0.1) is 0 Å². The number of hydrogen-bond donors (Lipinski definition) is 1. The zero-order valence-electron chi connectivity index (χ0n) is 13.1. The zero-order chi connectivity index (χ0) is 16.4. The summed E-state index contributed by atoms with van der Waals surface area (Å²) in [5.74, 6) is 0. The van der Waals surface area contributed by atoms with E-state index in [0.29, 0.717) is 10.0 Å². The summed E-state index contributed by atoms with van der Waals surface area (Å²) in [7, 11) is 0. The van der Waals surface area contributed by atoms with Gasteiger partial charge in [-0.1, -0.05) is 42.3 Å². The number of hydrogen-bond acceptors (Lipinski definition) is 2. The minimum atomic E-state index is 0.135. The average Bonchev–Trinajstić information content (AvgIpc) is 2.53. The van der Waals surface area contributed by atoms with E-state index in [9.17, 15) is 0 Å². The summed E-state index contributed by atoms with van der Waals surface area (Å²) in [5, 5.41) is 6.02. The van der Waals surface area contributed by atoms with Crippen LogP contribution in [0, 0.1) is 6.92 Å². The quantitative estimate of drug-likeness (QED) is 0.591. The highest BCUT2D eigenvalue weighted by Crippen LogP contribution is 2.31. The number of fused-ring (bicyclic) bond motifs is 1. The standard InChI is InChI=1S/C19H18Cl2N2/c1-3-18(16-8-6-14(20)11-17(16)21)23-15-7-9-19-13(10-15)5-4-12(2)22-19/h4-11,18,23H,3H2,1-2H3. The van der Waals surface area contributed by atoms with Crippen LogP contribution in [-0.2, 0) is 0 Å². The molecule has 118 valence electrons. The number of aryl methyl sites for hydroxylation is 1. The molecule has 2 nitrogen and oxygen atoms in total. The Morgan fingerprint density at radius 3 is 2.61 bits per heavy atom. The number of nitrogens with one attached hydrogen (secondary N) is 1. The van der Waals surface area contributed by atoms with Crippen LogP contribution in [0.25, 0.3) is 10.9 Å². The minimum absolute atomic E-state index is 0.135. The molecule has 4 heteroatoms. The second-order valence-electron chi connectivity index (χ2n) is 5.63. The molecule has 23 heavy (non-hydrogen) atoms. The molecule has 1 atom stereocenters. The van der Waals surface area contributed by atoms with Gasteiger partial charge in [-0.25, -0.2) is 0 Å². The molecule has 3 aromatic rings. The molecule has 2 aromatic carbocycles. The maximum atomic E-state index is 6.35. The number of nitrogens with zero attached hydrogens (tertiary/aromatic N) is 1. The summed E-state index contributed by atoms with van der Waals surface area (Å²) < 4.78 is 0.